The van der Waals surface area contributed by atoms with Gasteiger partial charge in [-0.15, -0.1) is 6.58 Å². The van der Waals surface area contributed by atoms with Crippen LogP contribution in [0.1, 0.15) is 18.1 Å². The Morgan fingerprint density at radius 2 is 1.03 bits per heavy atom. The van der Waals surface area contributed by atoms with Crippen LogP contribution in [-0.2, 0) is 5.41 Å². The van der Waals surface area contributed by atoms with Crippen molar-refractivity contribution < 1.29 is 9.47 Å². The number of anilines is 2. The fourth-order valence-corrected chi connectivity index (χ4v) is 3.51. The van der Waals surface area contributed by atoms with E-state index in [-0.39, 0.29) is 0 Å². The van der Waals surface area contributed by atoms with Crippen molar-refractivity contribution in [1.29, 1.82) is 0 Å². The Morgan fingerprint density at radius 1 is 0.625 bits per heavy atom. The van der Waals surface area contributed by atoms with Crippen LogP contribution in [0.4, 0.5) is 11.4 Å². The van der Waals surface area contributed by atoms with Gasteiger partial charge in [-0.25, -0.2) is 0 Å². The molecule has 0 aliphatic heterocycles. The molecule has 0 aromatic heterocycles. The maximum absolute atomic E-state index is 6.04. The lowest BCUT2D eigenvalue weighted by molar-refractivity contribution is 0.479. The van der Waals surface area contributed by atoms with Crippen LogP contribution in [0.2, 0.25) is 0 Å². The maximum Gasteiger partial charge on any atom is 0.127 e. The second-order valence-electron chi connectivity index (χ2n) is 7.80. The molecule has 0 bridgehead atoms. The summed E-state index contributed by atoms with van der Waals surface area (Å²) in [7, 11) is 0. The van der Waals surface area contributed by atoms with Gasteiger partial charge in [0.2, 0.25) is 0 Å². The van der Waals surface area contributed by atoms with E-state index in [4.69, 9.17) is 20.9 Å². The van der Waals surface area contributed by atoms with Gasteiger partial charge in [0.05, 0.1) is 0 Å². The molecule has 0 fully saturated rings. The van der Waals surface area contributed by atoms with Gasteiger partial charge >= 0.3 is 0 Å². The molecule has 0 spiro atoms. The van der Waals surface area contributed by atoms with Gasteiger partial charge in [0.15, 0.2) is 0 Å². The third-order valence-corrected chi connectivity index (χ3v) is 5.51. The molecule has 0 atom stereocenters. The minimum Gasteiger partial charge on any atom is -0.457 e. The Morgan fingerprint density at radius 3 is 1.41 bits per heavy atom. The zero-order chi connectivity index (χ0) is 22.6. The van der Waals surface area contributed by atoms with Crippen molar-refractivity contribution in [3.8, 4) is 23.0 Å². The smallest absolute Gasteiger partial charge is 0.127 e. The van der Waals surface area contributed by atoms with Crippen molar-refractivity contribution >= 4 is 11.4 Å². The number of hydrogen-bond acceptors (Lipinski definition) is 4. The second kappa shape index (κ2) is 8.90. The van der Waals surface area contributed by atoms with Gasteiger partial charge < -0.3 is 20.9 Å². The molecule has 0 aliphatic rings. The molecule has 0 amide bonds. The summed E-state index contributed by atoms with van der Waals surface area (Å²) in [6.45, 7) is 6.25. The van der Waals surface area contributed by atoms with E-state index in [1.165, 1.54) is 0 Å². The summed E-state index contributed by atoms with van der Waals surface area (Å²) in [5.74, 6) is 2.95. The molecular weight excluding hydrogens is 396 g/mol. The summed E-state index contributed by atoms with van der Waals surface area (Å²) in [6, 6.07) is 30.7. The Bertz CT molecular complexity index is 1120. The third kappa shape index (κ3) is 4.60. The zero-order valence-electron chi connectivity index (χ0n) is 18.0. The number of nitrogens with two attached hydrogens (primary N) is 2. The molecule has 4 nitrogen and oxygen atoms in total. The molecule has 32 heavy (non-hydrogen) atoms. The van der Waals surface area contributed by atoms with Crippen LogP contribution in [0, 0.1) is 0 Å². The number of ether oxygens (including phenoxy) is 2. The van der Waals surface area contributed by atoms with Crippen LogP contribution in [0.15, 0.2) is 110 Å². The highest BCUT2D eigenvalue weighted by molar-refractivity contribution is 5.50. The van der Waals surface area contributed by atoms with E-state index in [2.05, 4.69) is 25.6 Å². The highest BCUT2D eigenvalue weighted by Gasteiger charge is 2.26. The van der Waals surface area contributed by atoms with E-state index < -0.39 is 5.41 Å². The summed E-state index contributed by atoms with van der Waals surface area (Å²) >= 11 is 0. The van der Waals surface area contributed by atoms with E-state index in [1.807, 2.05) is 91.0 Å². The van der Waals surface area contributed by atoms with E-state index in [9.17, 15) is 0 Å². The van der Waals surface area contributed by atoms with Crippen LogP contribution in [0.5, 0.6) is 23.0 Å². The largest absolute Gasteiger partial charge is 0.457 e. The average Bonchev–Trinajstić information content (AvgIpc) is 2.82. The maximum atomic E-state index is 6.04. The van der Waals surface area contributed by atoms with Gasteiger partial charge in [0.25, 0.3) is 0 Å². The van der Waals surface area contributed by atoms with Gasteiger partial charge in [0, 0.05) is 16.8 Å². The van der Waals surface area contributed by atoms with Crippen molar-refractivity contribution in [2.75, 3.05) is 11.5 Å². The highest BCUT2D eigenvalue weighted by Crippen LogP contribution is 2.37. The average molecular weight is 423 g/mol. The SMILES string of the molecule is C=CC(C)(c1cccc(Oc2ccc(N)cc2)c1)c1cccc(Oc2ccc(N)cc2)c1. The van der Waals surface area contributed by atoms with Gasteiger partial charge in [-0.05, 0) is 90.8 Å². The van der Waals surface area contributed by atoms with Crippen molar-refractivity contribution in [2.24, 2.45) is 0 Å². The molecule has 4 rings (SSSR count). The molecule has 0 saturated heterocycles. The van der Waals surface area contributed by atoms with Crippen molar-refractivity contribution in [2.45, 2.75) is 12.3 Å². The first kappa shape index (κ1) is 21.1. The van der Waals surface area contributed by atoms with E-state index in [1.54, 1.807) is 0 Å². The molecule has 4 heteroatoms. The number of nitrogen functional groups attached to an aromatic ring is 2. The van der Waals surface area contributed by atoms with Gasteiger partial charge in [-0.1, -0.05) is 30.3 Å². The number of hydrogen-bond donors (Lipinski definition) is 2. The summed E-state index contributed by atoms with van der Waals surface area (Å²) in [5.41, 5.74) is 14.6. The molecule has 0 unspecified atom stereocenters. The summed E-state index contributed by atoms with van der Waals surface area (Å²) in [4.78, 5) is 0. The quantitative estimate of drug-likeness (QED) is 0.250. The topological polar surface area (TPSA) is 70.5 Å². The van der Waals surface area contributed by atoms with Gasteiger partial charge in [-0.2, -0.15) is 0 Å². The standard InChI is InChI=1S/C28H26N2O2/c1-3-28(2,20-6-4-8-26(18-20)31-24-14-10-22(29)11-15-24)21-7-5-9-27(19-21)32-25-16-12-23(30)13-17-25/h3-19H,1,29-30H2,2H3. The van der Waals surface area contributed by atoms with E-state index in [0.717, 1.165) is 34.1 Å². The lowest BCUT2D eigenvalue weighted by atomic mass is 9.76. The number of benzene rings is 4. The first-order valence-electron chi connectivity index (χ1n) is 10.4. The summed E-state index contributed by atoms with van der Waals surface area (Å²) in [6.07, 6.45) is 1.94. The lowest BCUT2D eigenvalue weighted by Gasteiger charge is -2.28. The zero-order valence-corrected chi connectivity index (χ0v) is 18.0. The Balaban J connectivity index is 1.62. The summed E-state index contributed by atoms with van der Waals surface area (Å²) in [5, 5.41) is 0. The second-order valence-corrected chi connectivity index (χ2v) is 7.80. The van der Waals surface area contributed by atoms with Crippen molar-refractivity contribution in [3.63, 3.8) is 0 Å². The fourth-order valence-electron chi connectivity index (χ4n) is 3.51. The minimum atomic E-state index is -0.443. The normalized spacial score (nSPS) is 11.0. The summed E-state index contributed by atoms with van der Waals surface area (Å²) < 4.78 is 12.1. The van der Waals surface area contributed by atoms with Crippen LogP contribution in [-0.4, -0.2) is 0 Å². The first-order valence-corrected chi connectivity index (χ1v) is 10.4. The van der Waals surface area contributed by atoms with Crippen LogP contribution < -0.4 is 20.9 Å². The van der Waals surface area contributed by atoms with Crippen molar-refractivity contribution in [3.05, 3.63) is 121 Å². The van der Waals surface area contributed by atoms with E-state index >= 15 is 0 Å². The van der Waals surface area contributed by atoms with E-state index in [0.29, 0.717) is 11.4 Å². The molecular formula is C28H26N2O2. The van der Waals surface area contributed by atoms with Crippen LogP contribution >= 0.6 is 0 Å². The molecule has 0 saturated carbocycles. The number of allylic oxidation sites excluding steroid dienone is 1. The molecule has 160 valence electrons. The Labute approximate surface area is 188 Å². The number of rotatable bonds is 7. The predicted octanol–water partition coefficient (Wildman–Crippen LogP) is 6.93. The molecule has 4 aromatic carbocycles. The minimum absolute atomic E-state index is 0.443. The molecule has 0 aliphatic carbocycles. The Kier molecular flexibility index (Phi) is 5.86. The van der Waals surface area contributed by atoms with Crippen LogP contribution in [0.25, 0.3) is 0 Å². The molecule has 4 aromatic rings. The highest BCUT2D eigenvalue weighted by atomic mass is 16.5. The lowest BCUT2D eigenvalue weighted by Crippen LogP contribution is -2.20. The van der Waals surface area contributed by atoms with Crippen LogP contribution in [0.3, 0.4) is 0 Å². The Hall–Kier alpha value is -4.18. The third-order valence-electron chi connectivity index (χ3n) is 5.51. The molecule has 4 N–H and O–H groups in total. The molecule has 0 radical (unpaired) electrons. The van der Waals surface area contributed by atoms with Gasteiger partial charge in [-0.3, -0.25) is 0 Å². The van der Waals surface area contributed by atoms with Crippen molar-refractivity contribution in [1.82, 2.24) is 0 Å². The molecule has 0 heterocycles. The van der Waals surface area contributed by atoms with Gasteiger partial charge in [0.1, 0.15) is 23.0 Å². The monoisotopic (exact) mass is 422 g/mol. The predicted molar refractivity (Wildman–Crippen MR) is 131 cm³/mol. The first-order chi connectivity index (χ1) is 15.5. The fraction of sp³-hybridized carbons (Fsp3) is 0.0714.